The molecule has 0 bridgehead atoms. The first-order valence-corrected chi connectivity index (χ1v) is 6.83. The molecule has 0 spiro atoms. The van der Waals surface area contributed by atoms with Gasteiger partial charge in [0.1, 0.15) is 11.5 Å². The van der Waals surface area contributed by atoms with Gasteiger partial charge in [-0.15, -0.1) is 6.42 Å². The van der Waals surface area contributed by atoms with E-state index in [1.165, 1.54) is 7.11 Å². The lowest BCUT2D eigenvalue weighted by Gasteiger charge is -2.08. The zero-order chi connectivity index (χ0) is 15.4. The SMILES string of the molecule is C#CCN1C(=O)S/C(=C/c2cc(OC)ccc2OC)C1=O. The van der Waals surface area contributed by atoms with Gasteiger partial charge in [0.05, 0.1) is 25.7 Å². The largest absolute Gasteiger partial charge is 0.497 e. The second-order valence-corrected chi connectivity index (χ2v) is 5.07. The van der Waals surface area contributed by atoms with E-state index in [0.717, 1.165) is 16.7 Å². The van der Waals surface area contributed by atoms with Gasteiger partial charge in [-0.3, -0.25) is 14.5 Å². The van der Waals surface area contributed by atoms with Crippen LogP contribution >= 0.6 is 11.8 Å². The maximum absolute atomic E-state index is 12.1. The molecule has 5 nitrogen and oxygen atoms in total. The molecule has 0 aromatic heterocycles. The van der Waals surface area contributed by atoms with E-state index in [-0.39, 0.29) is 11.8 Å². The summed E-state index contributed by atoms with van der Waals surface area (Å²) in [5.41, 5.74) is 0.656. The first kappa shape index (κ1) is 15.0. The third-order valence-electron chi connectivity index (χ3n) is 2.85. The van der Waals surface area contributed by atoms with Gasteiger partial charge in [-0.1, -0.05) is 5.92 Å². The smallest absolute Gasteiger partial charge is 0.294 e. The number of amides is 2. The van der Waals surface area contributed by atoms with Crippen molar-refractivity contribution in [1.29, 1.82) is 0 Å². The van der Waals surface area contributed by atoms with E-state index in [0.29, 0.717) is 22.0 Å². The van der Waals surface area contributed by atoms with Crippen LogP contribution in [-0.2, 0) is 4.79 Å². The highest BCUT2D eigenvalue weighted by Crippen LogP contribution is 2.34. The highest BCUT2D eigenvalue weighted by Gasteiger charge is 2.34. The summed E-state index contributed by atoms with van der Waals surface area (Å²) in [4.78, 5) is 25.2. The number of imide groups is 1. The van der Waals surface area contributed by atoms with Crippen molar-refractivity contribution in [3.63, 3.8) is 0 Å². The maximum Gasteiger partial charge on any atom is 0.294 e. The average molecular weight is 303 g/mol. The number of methoxy groups -OCH3 is 2. The number of thioether (sulfide) groups is 1. The third kappa shape index (κ3) is 3.03. The van der Waals surface area contributed by atoms with Crippen molar-refractivity contribution in [2.24, 2.45) is 0 Å². The van der Waals surface area contributed by atoms with Crippen molar-refractivity contribution in [1.82, 2.24) is 4.90 Å². The number of rotatable bonds is 4. The van der Waals surface area contributed by atoms with Crippen LogP contribution < -0.4 is 9.47 Å². The van der Waals surface area contributed by atoms with E-state index in [2.05, 4.69) is 5.92 Å². The summed E-state index contributed by atoms with van der Waals surface area (Å²) >= 11 is 0.856. The lowest BCUT2D eigenvalue weighted by molar-refractivity contribution is -0.122. The van der Waals surface area contributed by atoms with Crippen LogP contribution in [0, 0.1) is 12.3 Å². The van der Waals surface area contributed by atoms with Crippen molar-refractivity contribution in [2.75, 3.05) is 20.8 Å². The number of carbonyl (C=O) groups excluding carboxylic acids is 2. The Morgan fingerprint density at radius 2 is 2.10 bits per heavy atom. The summed E-state index contributed by atoms with van der Waals surface area (Å²) in [5.74, 6) is 3.11. The van der Waals surface area contributed by atoms with Crippen LogP contribution in [-0.4, -0.2) is 36.8 Å². The first-order chi connectivity index (χ1) is 10.1. The van der Waals surface area contributed by atoms with E-state index in [4.69, 9.17) is 15.9 Å². The van der Waals surface area contributed by atoms with Gasteiger partial charge in [0.15, 0.2) is 0 Å². The first-order valence-electron chi connectivity index (χ1n) is 6.01. The molecule has 21 heavy (non-hydrogen) atoms. The number of benzene rings is 1. The monoisotopic (exact) mass is 303 g/mol. The molecular weight excluding hydrogens is 290 g/mol. The van der Waals surface area contributed by atoms with E-state index in [1.807, 2.05) is 0 Å². The topological polar surface area (TPSA) is 55.8 Å². The van der Waals surface area contributed by atoms with Crippen LogP contribution in [0.4, 0.5) is 4.79 Å². The Balaban J connectivity index is 2.38. The van der Waals surface area contributed by atoms with E-state index >= 15 is 0 Å². The van der Waals surface area contributed by atoms with E-state index in [1.54, 1.807) is 31.4 Å². The Labute approximate surface area is 126 Å². The number of nitrogens with zero attached hydrogens (tertiary/aromatic N) is 1. The molecule has 2 rings (SSSR count). The molecule has 0 radical (unpaired) electrons. The lowest BCUT2D eigenvalue weighted by Crippen LogP contribution is -2.28. The van der Waals surface area contributed by atoms with Crippen LogP contribution in [0.5, 0.6) is 11.5 Å². The summed E-state index contributed by atoms with van der Waals surface area (Å²) in [7, 11) is 3.08. The standard InChI is InChI=1S/C15H13NO4S/c1-4-7-16-14(17)13(21-15(16)18)9-10-8-11(19-2)5-6-12(10)20-3/h1,5-6,8-9H,7H2,2-3H3/b13-9+. The molecule has 1 aromatic rings. The number of hydrogen-bond donors (Lipinski definition) is 0. The number of carbonyl (C=O) groups is 2. The minimum atomic E-state index is -0.396. The highest BCUT2D eigenvalue weighted by atomic mass is 32.2. The molecule has 0 unspecified atom stereocenters. The van der Waals surface area contributed by atoms with Gasteiger partial charge in [0, 0.05) is 5.56 Å². The third-order valence-corrected chi connectivity index (χ3v) is 3.75. The maximum atomic E-state index is 12.1. The summed E-state index contributed by atoms with van der Waals surface area (Å²) in [6.07, 6.45) is 6.75. The molecule has 1 aliphatic heterocycles. The molecule has 1 saturated heterocycles. The second-order valence-electron chi connectivity index (χ2n) is 4.08. The Morgan fingerprint density at radius 1 is 1.33 bits per heavy atom. The van der Waals surface area contributed by atoms with Gasteiger partial charge in [0.25, 0.3) is 11.1 Å². The van der Waals surface area contributed by atoms with Crippen LogP contribution in [0.15, 0.2) is 23.1 Å². The molecular formula is C15H13NO4S. The number of hydrogen-bond acceptors (Lipinski definition) is 5. The highest BCUT2D eigenvalue weighted by molar-refractivity contribution is 8.18. The second kappa shape index (κ2) is 6.37. The van der Waals surface area contributed by atoms with Crippen molar-refractivity contribution in [3.05, 3.63) is 28.7 Å². The van der Waals surface area contributed by atoms with Crippen LogP contribution in [0.3, 0.4) is 0 Å². The number of ether oxygens (including phenoxy) is 2. The molecule has 0 aliphatic carbocycles. The fraction of sp³-hybridized carbons (Fsp3) is 0.200. The van der Waals surface area contributed by atoms with Gasteiger partial charge in [-0.05, 0) is 36.0 Å². The molecule has 0 atom stereocenters. The van der Waals surface area contributed by atoms with Crippen LogP contribution in [0.1, 0.15) is 5.56 Å². The fourth-order valence-electron chi connectivity index (χ4n) is 1.82. The van der Waals surface area contributed by atoms with Crippen molar-refractivity contribution < 1.29 is 19.1 Å². The normalized spacial score (nSPS) is 16.2. The minimum Gasteiger partial charge on any atom is -0.497 e. The summed E-state index contributed by atoms with van der Waals surface area (Å²) in [5, 5.41) is -0.369. The summed E-state index contributed by atoms with van der Waals surface area (Å²) in [6.45, 7) is -0.0305. The average Bonchev–Trinajstić information content (AvgIpc) is 2.75. The van der Waals surface area contributed by atoms with Gasteiger partial charge in [-0.25, -0.2) is 0 Å². The van der Waals surface area contributed by atoms with Gasteiger partial charge in [-0.2, -0.15) is 0 Å². The summed E-state index contributed by atoms with van der Waals surface area (Å²) in [6, 6.07) is 5.21. The molecule has 1 fully saturated rings. The zero-order valence-electron chi connectivity index (χ0n) is 11.6. The Kier molecular flexibility index (Phi) is 4.55. The van der Waals surface area contributed by atoms with Gasteiger partial charge < -0.3 is 9.47 Å². The molecule has 0 N–H and O–H groups in total. The number of terminal acetylenes is 1. The predicted octanol–water partition coefficient (Wildman–Crippen LogP) is 2.37. The lowest BCUT2D eigenvalue weighted by atomic mass is 10.1. The molecule has 0 saturated carbocycles. The van der Waals surface area contributed by atoms with E-state index < -0.39 is 5.91 Å². The van der Waals surface area contributed by atoms with Crippen molar-refractivity contribution in [2.45, 2.75) is 0 Å². The van der Waals surface area contributed by atoms with Crippen molar-refractivity contribution in [3.8, 4) is 23.8 Å². The molecule has 1 aliphatic rings. The molecule has 1 heterocycles. The summed E-state index contributed by atoms with van der Waals surface area (Å²) < 4.78 is 10.4. The Morgan fingerprint density at radius 3 is 2.71 bits per heavy atom. The molecule has 2 amide bonds. The van der Waals surface area contributed by atoms with Crippen LogP contribution in [0.2, 0.25) is 0 Å². The Bertz CT molecular complexity index is 660. The minimum absolute atomic E-state index is 0.0305. The zero-order valence-corrected chi connectivity index (χ0v) is 12.4. The molecule has 6 heteroatoms. The quantitative estimate of drug-likeness (QED) is 0.631. The van der Waals surface area contributed by atoms with Crippen LogP contribution in [0.25, 0.3) is 6.08 Å². The van der Waals surface area contributed by atoms with Gasteiger partial charge >= 0.3 is 0 Å². The fourth-order valence-corrected chi connectivity index (χ4v) is 2.65. The predicted molar refractivity (Wildman–Crippen MR) is 81.1 cm³/mol. The van der Waals surface area contributed by atoms with Crippen molar-refractivity contribution >= 4 is 29.0 Å². The van der Waals surface area contributed by atoms with Gasteiger partial charge in [0.2, 0.25) is 0 Å². The molecule has 108 valence electrons. The molecule has 1 aromatic carbocycles. The van der Waals surface area contributed by atoms with E-state index in [9.17, 15) is 9.59 Å². The Hall–Kier alpha value is -2.39.